The number of hydrogen-bond donors (Lipinski definition) is 0. The quantitative estimate of drug-likeness (QED) is 0.617. The van der Waals surface area contributed by atoms with Crippen molar-refractivity contribution in [1.29, 1.82) is 0 Å². The average Bonchev–Trinajstić information content (AvgIpc) is 2.48. The molecule has 0 bridgehead atoms. The maximum Gasteiger partial charge on any atom is 0.349 e. The molecular formula is C17H17FO3. The van der Waals surface area contributed by atoms with E-state index in [0.717, 1.165) is 5.56 Å². The third kappa shape index (κ3) is 4.31. The van der Waals surface area contributed by atoms with Crippen molar-refractivity contribution in [2.45, 2.75) is 19.8 Å². The first kappa shape index (κ1) is 15.0. The largest absolute Gasteiger partial charge is 0.482 e. The summed E-state index contributed by atoms with van der Waals surface area (Å²) in [5.41, 5.74) is 1.03. The van der Waals surface area contributed by atoms with Gasteiger partial charge in [0, 0.05) is 0 Å². The molecular weight excluding hydrogens is 271 g/mol. The molecule has 0 heterocycles. The fourth-order valence-corrected chi connectivity index (χ4v) is 1.89. The number of hydrogen-bond acceptors (Lipinski definition) is 3. The predicted octanol–water partition coefficient (Wildman–Crippen LogP) is 3.93. The minimum absolute atomic E-state index is 0.193. The van der Waals surface area contributed by atoms with Crippen molar-refractivity contribution < 1.29 is 18.7 Å². The summed E-state index contributed by atoms with van der Waals surface area (Å²) in [6.07, 6.45) is 0. The Morgan fingerprint density at radius 3 is 2.43 bits per heavy atom. The molecule has 2 aromatic carbocycles. The Morgan fingerprint density at radius 1 is 1.10 bits per heavy atom. The van der Waals surface area contributed by atoms with Crippen molar-refractivity contribution >= 4 is 5.97 Å². The Morgan fingerprint density at radius 2 is 1.76 bits per heavy atom. The molecule has 0 amide bonds. The van der Waals surface area contributed by atoms with E-state index in [0.29, 0.717) is 17.4 Å². The Labute approximate surface area is 123 Å². The van der Waals surface area contributed by atoms with Crippen LogP contribution in [0.4, 0.5) is 4.39 Å². The standard InChI is InChI=1S/C17H17FO3/c1-12(2)15-5-3-4-6-16(15)20-11-17(19)21-14-9-7-13(18)8-10-14/h3-10,12H,11H2,1-2H3. The van der Waals surface area contributed by atoms with Gasteiger partial charge in [-0.25, -0.2) is 9.18 Å². The van der Waals surface area contributed by atoms with Crippen molar-refractivity contribution in [3.8, 4) is 11.5 Å². The lowest BCUT2D eigenvalue weighted by Crippen LogP contribution is -2.18. The van der Waals surface area contributed by atoms with Crippen LogP contribution in [0.15, 0.2) is 48.5 Å². The number of esters is 1. The third-order valence-corrected chi connectivity index (χ3v) is 2.93. The van der Waals surface area contributed by atoms with Crippen LogP contribution in [0.2, 0.25) is 0 Å². The molecule has 0 aliphatic carbocycles. The average molecular weight is 288 g/mol. The SMILES string of the molecule is CC(C)c1ccccc1OCC(=O)Oc1ccc(F)cc1. The summed E-state index contributed by atoms with van der Waals surface area (Å²) < 4.78 is 23.3. The van der Waals surface area contributed by atoms with Crippen molar-refractivity contribution in [2.75, 3.05) is 6.61 Å². The topological polar surface area (TPSA) is 35.5 Å². The lowest BCUT2D eigenvalue weighted by atomic mass is 10.0. The first-order valence-electron chi connectivity index (χ1n) is 6.74. The van der Waals surface area contributed by atoms with Gasteiger partial charge in [0.2, 0.25) is 0 Å². The van der Waals surface area contributed by atoms with Crippen molar-refractivity contribution in [2.24, 2.45) is 0 Å². The van der Waals surface area contributed by atoms with Crippen LogP contribution in [0, 0.1) is 5.82 Å². The van der Waals surface area contributed by atoms with Gasteiger partial charge in [-0.3, -0.25) is 0 Å². The van der Waals surface area contributed by atoms with Crippen LogP contribution in [0.5, 0.6) is 11.5 Å². The summed E-state index contributed by atoms with van der Waals surface area (Å²) in [6.45, 7) is 3.92. The second-order valence-electron chi connectivity index (χ2n) is 4.91. The minimum atomic E-state index is -0.528. The van der Waals surface area contributed by atoms with Gasteiger partial charge >= 0.3 is 5.97 Å². The zero-order valence-corrected chi connectivity index (χ0v) is 12.0. The highest BCUT2D eigenvalue weighted by molar-refractivity contribution is 5.74. The molecule has 0 aliphatic rings. The van der Waals surface area contributed by atoms with Gasteiger partial charge in [-0.15, -0.1) is 0 Å². The Kier molecular flexibility index (Phi) is 4.93. The molecule has 0 saturated heterocycles. The number of carbonyl (C=O) groups excluding carboxylic acids is 1. The van der Waals surface area contributed by atoms with E-state index < -0.39 is 5.97 Å². The van der Waals surface area contributed by atoms with Gasteiger partial charge in [0.05, 0.1) is 0 Å². The van der Waals surface area contributed by atoms with Crippen LogP contribution in [-0.2, 0) is 4.79 Å². The molecule has 2 aromatic rings. The molecule has 2 rings (SSSR count). The fourth-order valence-electron chi connectivity index (χ4n) is 1.89. The Hall–Kier alpha value is -2.36. The van der Waals surface area contributed by atoms with Gasteiger partial charge in [-0.1, -0.05) is 32.0 Å². The summed E-state index contributed by atoms with van der Waals surface area (Å²) in [5, 5.41) is 0. The molecule has 4 heteroatoms. The van der Waals surface area contributed by atoms with E-state index in [1.54, 1.807) is 0 Å². The van der Waals surface area contributed by atoms with Crippen LogP contribution in [0.25, 0.3) is 0 Å². The summed E-state index contributed by atoms with van der Waals surface area (Å²) in [6, 6.07) is 12.8. The normalized spacial score (nSPS) is 10.5. The Bertz CT molecular complexity index is 606. The van der Waals surface area contributed by atoms with Crippen LogP contribution < -0.4 is 9.47 Å². The molecule has 0 unspecified atom stereocenters. The van der Waals surface area contributed by atoms with Crippen molar-refractivity contribution in [1.82, 2.24) is 0 Å². The van der Waals surface area contributed by atoms with Gasteiger partial charge in [0.15, 0.2) is 6.61 Å². The summed E-state index contributed by atoms with van der Waals surface area (Å²) >= 11 is 0. The van der Waals surface area contributed by atoms with Gasteiger partial charge in [-0.05, 0) is 41.8 Å². The molecule has 3 nitrogen and oxygen atoms in total. The number of benzene rings is 2. The van der Waals surface area contributed by atoms with Gasteiger partial charge in [-0.2, -0.15) is 0 Å². The van der Waals surface area contributed by atoms with E-state index >= 15 is 0 Å². The third-order valence-electron chi connectivity index (χ3n) is 2.93. The van der Waals surface area contributed by atoms with E-state index in [2.05, 4.69) is 13.8 Å². The first-order valence-corrected chi connectivity index (χ1v) is 6.74. The van der Waals surface area contributed by atoms with Gasteiger partial charge in [0.25, 0.3) is 0 Å². The fraction of sp³-hybridized carbons (Fsp3) is 0.235. The van der Waals surface area contributed by atoms with E-state index in [1.165, 1.54) is 24.3 Å². The van der Waals surface area contributed by atoms with E-state index in [1.807, 2.05) is 24.3 Å². The number of rotatable bonds is 5. The lowest BCUT2D eigenvalue weighted by Gasteiger charge is -2.13. The molecule has 0 N–H and O–H groups in total. The van der Waals surface area contributed by atoms with Gasteiger partial charge in [0.1, 0.15) is 17.3 Å². The smallest absolute Gasteiger partial charge is 0.349 e. The molecule has 0 spiro atoms. The maximum absolute atomic E-state index is 12.7. The molecule has 0 fully saturated rings. The minimum Gasteiger partial charge on any atom is -0.482 e. The highest BCUT2D eigenvalue weighted by atomic mass is 19.1. The van der Waals surface area contributed by atoms with Crippen molar-refractivity contribution in [3.63, 3.8) is 0 Å². The van der Waals surface area contributed by atoms with Crippen LogP contribution in [-0.4, -0.2) is 12.6 Å². The molecule has 0 saturated carbocycles. The summed E-state index contributed by atoms with van der Waals surface area (Å²) in [7, 11) is 0. The highest BCUT2D eigenvalue weighted by Gasteiger charge is 2.10. The van der Waals surface area contributed by atoms with Crippen molar-refractivity contribution in [3.05, 3.63) is 59.9 Å². The second kappa shape index (κ2) is 6.88. The molecule has 0 aromatic heterocycles. The van der Waals surface area contributed by atoms with E-state index in [9.17, 15) is 9.18 Å². The molecule has 0 atom stereocenters. The lowest BCUT2D eigenvalue weighted by molar-refractivity contribution is -0.136. The first-order chi connectivity index (χ1) is 10.1. The van der Waals surface area contributed by atoms with E-state index in [4.69, 9.17) is 9.47 Å². The number of halogens is 1. The molecule has 0 aliphatic heterocycles. The molecule has 110 valence electrons. The van der Waals surface area contributed by atoms with Gasteiger partial charge < -0.3 is 9.47 Å². The highest BCUT2D eigenvalue weighted by Crippen LogP contribution is 2.25. The zero-order chi connectivity index (χ0) is 15.2. The number of para-hydroxylation sites is 1. The number of ether oxygens (including phenoxy) is 2. The summed E-state index contributed by atoms with van der Waals surface area (Å²) in [5.74, 6) is 0.358. The second-order valence-corrected chi connectivity index (χ2v) is 4.91. The maximum atomic E-state index is 12.7. The predicted molar refractivity (Wildman–Crippen MR) is 78.1 cm³/mol. The van der Waals surface area contributed by atoms with Crippen LogP contribution >= 0.6 is 0 Å². The monoisotopic (exact) mass is 288 g/mol. The Balaban J connectivity index is 1.94. The van der Waals surface area contributed by atoms with E-state index in [-0.39, 0.29) is 12.4 Å². The number of carbonyl (C=O) groups is 1. The van der Waals surface area contributed by atoms with Crippen LogP contribution in [0.1, 0.15) is 25.3 Å². The molecule has 0 radical (unpaired) electrons. The summed E-state index contributed by atoms with van der Waals surface area (Å²) in [4.78, 5) is 11.7. The zero-order valence-electron chi connectivity index (χ0n) is 12.0. The van der Waals surface area contributed by atoms with Crippen LogP contribution in [0.3, 0.4) is 0 Å². The molecule has 21 heavy (non-hydrogen) atoms.